The van der Waals surface area contributed by atoms with Gasteiger partial charge in [0, 0.05) is 59.5 Å². The molecule has 1 N–H and O–H groups in total. The van der Waals surface area contributed by atoms with Gasteiger partial charge < -0.3 is 10.1 Å². The zero-order chi connectivity index (χ0) is 28.8. The van der Waals surface area contributed by atoms with Crippen molar-refractivity contribution in [2.24, 2.45) is 0 Å². The molecule has 0 aromatic carbocycles. The average Bonchev–Trinajstić information content (AvgIpc) is 3.55. The second kappa shape index (κ2) is 10.9. The molecule has 0 radical (unpaired) electrons. The molecule has 41 heavy (non-hydrogen) atoms. The summed E-state index contributed by atoms with van der Waals surface area (Å²) in [5, 5.41) is 3.03. The summed E-state index contributed by atoms with van der Waals surface area (Å²) in [4.78, 5) is 29.9. The van der Waals surface area contributed by atoms with Crippen LogP contribution in [-0.4, -0.2) is 50.2 Å². The van der Waals surface area contributed by atoms with Gasteiger partial charge >= 0.3 is 6.18 Å². The van der Waals surface area contributed by atoms with Crippen LogP contribution >= 0.6 is 23.1 Å². The van der Waals surface area contributed by atoms with Crippen LogP contribution in [0.25, 0.3) is 0 Å². The monoisotopic (exact) mass is 603 g/mol. The maximum atomic E-state index is 13.2. The molecule has 0 bridgehead atoms. The number of hydrogen-bond donors (Lipinski definition) is 1. The van der Waals surface area contributed by atoms with E-state index in [2.05, 4.69) is 32.1 Å². The highest BCUT2D eigenvalue weighted by Crippen LogP contribution is 2.57. The Labute approximate surface area is 245 Å². The number of thiophene rings is 1. The third kappa shape index (κ3) is 5.89. The molecule has 7 nitrogen and oxygen atoms in total. The highest BCUT2D eigenvalue weighted by atomic mass is 32.2. The molecule has 6 rings (SSSR count). The molecule has 218 valence electrons. The van der Waals surface area contributed by atoms with Gasteiger partial charge in [-0.2, -0.15) is 13.2 Å². The van der Waals surface area contributed by atoms with Crippen molar-refractivity contribution in [1.82, 2.24) is 25.2 Å². The lowest BCUT2D eigenvalue weighted by molar-refractivity contribution is -0.153. The van der Waals surface area contributed by atoms with E-state index < -0.39 is 17.6 Å². The molecule has 1 saturated carbocycles. The summed E-state index contributed by atoms with van der Waals surface area (Å²) < 4.78 is 45.6. The number of piperidine rings is 1. The number of aromatic nitrogens is 3. The number of halogens is 3. The minimum Gasteiger partial charge on any atom is -0.363 e. The number of thioether (sulfide) groups is 1. The molecule has 2 aliphatic heterocycles. The van der Waals surface area contributed by atoms with Crippen molar-refractivity contribution in [3.63, 3.8) is 0 Å². The van der Waals surface area contributed by atoms with Gasteiger partial charge in [0.2, 0.25) is 5.82 Å². The summed E-state index contributed by atoms with van der Waals surface area (Å²) in [6.07, 6.45) is 4.21. The second-order valence-electron chi connectivity index (χ2n) is 11.1. The minimum absolute atomic E-state index is 0.105. The molecular formula is C29H32F3N5O2S2. The molecule has 1 saturated heterocycles. The standard InChI is InChI=1S/C29H32F3N5O2S2/c1-3-40-22-5-4-21(33-17-22)16-34-25(38)23-12-19-13-27(6-7-27)39-28(24(19)41-23)8-10-37(11-9-28)18(2)20-14-35-26(36-15-20)29(30,31)32/h4-5,12,14-15,17-18H,3,6-11,13,16H2,1-2H3,(H,34,38). The predicted molar refractivity (Wildman–Crippen MR) is 151 cm³/mol. The predicted octanol–water partition coefficient (Wildman–Crippen LogP) is 6.15. The number of pyridine rings is 1. The van der Waals surface area contributed by atoms with Crippen molar-refractivity contribution in [2.75, 3.05) is 18.8 Å². The smallest absolute Gasteiger partial charge is 0.363 e. The molecule has 12 heteroatoms. The summed E-state index contributed by atoms with van der Waals surface area (Å²) in [6.45, 7) is 5.87. The Morgan fingerprint density at radius 3 is 2.49 bits per heavy atom. The van der Waals surface area contributed by atoms with Gasteiger partial charge in [0.25, 0.3) is 5.91 Å². The summed E-state index contributed by atoms with van der Waals surface area (Å²) in [5.41, 5.74) is 2.09. The lowest BCUT2D eigenvalue weighted by Gasteiger charge is -2.47. The molecular weight excluding hydrogens is 571 g/mol. The molecule has 1 aliphatic carbocycles. The van der Waals surface area contributed by atoms with Crippen LogP contribution in [0.15, 0.2) is 41.7 Å². The zero-order valence-electron chi connectivity index (χ0n) is 23.0. The quantitative estimate of drug-likeness (QED) is 0.325. The number of hydrogen-bond acceptors (Lipinski definition) is 8. The third-order valence-corrected chi connectivity index (χ3v) is 10.5. The fourth-order valence-corrected chi connectivity index (χ4v) is 7.76. The van der Waals surface area contributed by atoms with Crippen LogP contribution in [0.1, 0.15) is 82.8 Å². The number of nitrogens with zero attached hydrogens (tertiary/aromatic N) is 4. The number of nitrogens with one attached hydrogen (secondary N) is 1. The Morgan fingerprint density at radius 1 is 1.15 bits per heavy atom. The number of ether oxygens (including phenoxy) is 1. The molecule has 1 amide bonds. The van der Waals surface area contributed by atoms with Crippen LogP contribution in [0.2, 0.25) is 0 Å². The van der Waals surface area contributed by atoms with Crippen molar-refractivity contribution >= 4 is 29.0 Å². The fourth-order valence-electron chi connectivity index (χ4n) is 5.86. The number of carbonyl (C=O) groups is 1. The Balaban J connectivity index is 1.14. The Hall–Kier alpha value is -2.54. The highest BCUT2D eigenvalue weighted by molar-refractivity contribution is 7.99. The third-order valence-electron chi connectivity index (χ3n) is 8.28. The van der Waals surface area contributed by atoms with Crippen molar-refractivity contribution in [3.8, 4) is 0 Å². The zero-order valence-corrected chi connectivity index (χ0v) is 24.6. The Morgan fingerprint density at radius 2 is 1.88 bits per heavy atom. The summed E-state index contributed by atoms with van der Waals surface area (Å²) in [5.74, 6) is -0.244. The van der Waals surface area contributed by atoms with Gasteiger partial charge in [-0.1, -0.05) is 6.92 Å². The van der Waals surface area contributed by atoms with Crippen LogP contribution in [0.5, 0.6) is 0 Å². The van der Waals surface area contributed by atoms with E-state index in [0.717, 1.165) is 66.4 Å². The minimum atomic E-state index is -4.56. The highest BCUT2D eigenvalue weighted by Gasteiger charge is 2.56. The lowest BCUT2D eigenvalue weighted by Crippen LogP contribution is -2.49. The lowest BCUT2D eigenvalue weighted by atomic mass is 9.82. The number of likely N-dealkylation sites (tertiary alicyclic amines) is 1. The van der Waals surface area contributed by atoms with Gasteiger partial charge in [-0.15, -0.1) is 23.1 Å². The summed E-state index contributed by atoms with van der Waals surface area (Å²) in [6, 6.07) is 5.90. The number of alkyl halides is 3. The largest absolute Gasteiger partial charge is 0.451 e. The van der Waals surface area contributed by atoms with E-state index in [4.69, 9.17) is 4.74 Å². The van der Waals surface area contributed by atoms with Gasteiger partial charge in [0.1, 0.15) is 5.60 Å². The van der Waals surface area contributed by atoms with Crippen LogP contribution < -0.4 is 5.32 Å². The van der Waals surface area contributed by atoms with Crippen molar-refractivity contribution in [3.05, 3.63) is 69.2 Å². The van der Waals surface area contributed by atoms with Gasteiger partial charge in [-0.25, -0.2) is 9.97 Å². The fraction of sp³-hybridized carbons (Fsp3) is 0.517. The number of rotatable bonds is 7. The van der Waals surface area contributed by atoms with E-state index in [0.29, 0.717) is 17.0 Å². The van der Waals surface area contributed by atoms with E-state index in [1.54, 1.807) is 11.8 Å². The van der Waals surface area contributed by atoms with Crippen LogP contribution in [0.4, 0.5) is 13.2 Å². The Bertz CT molecular complexity index is 1400. The first kappa shape index (κ1) is 28.6. The van der Waals surface area contributed by atoms with Crippen molar-refractivity contribution in [2.45, 2.75) is 80.8 Å². The van der Waals surface area contributed by atoms with Crippen molar-refractivity contribution in [1.29, 1.82) is 0 Å². The topological polar surface area (TPSA) is 80.2 Å². The van der Waals surface area contributed by atoms with Gasteiger partial charge in [-0.05, 0) is 62.1 Å². The van der Waals surface area contributed by atoms with E-state index >= 15 is 0 Å². The molecule has 3 aromatic heterocycles. The average molecular weight is 604 g/mol. The number of carbonyl (C=O) groups excluding carboxylic acids is 1. The molecule has 5 heterocycles. The first-order valence-corrected chi connectivity index (χ1v) is 15.7. The molecule has 2 spiro atoms. The summed E-state index contributed by atoms with van der Waals surface area (Å²) >= 11 is 3.26. The van der Waals surface area contributed by atoms with E-state index in [1.807, 2.05) is 31.3 Å². The van der Waals surface area contributed by atoms with E-state index in [9.17, 15) is 18.0 Å². The van der Waals surface area contributed by atoms with Crippen LogP contribution in [-0.2, 0) is 29.5 Å². The van der Waals surface area contributed by atoms with E-state index in [-0.39, 0.29) is 17.6 Å². The van der Waals surface area contributed by atoms with E-state index in [1.165, 1.54) is 29.3 Å². The molecule has 1 unspecified atom stereocenters. The van der Waals surface area contributed by atoms with Gasteiger partial charge in [0.05, 0.1) is 22.7 Å². The molecule has 1 atom stereocenters. The van der Waals surface area contributed by atoms with Gasteiger partial charge in [-0.3, -0.25) is 14.7 Å². The Kier molecular flexibility index (Phi) is 7.63. The van der Waals surface area contributed by atoms with Crippen LogP contribution in [0, 0.1) is 0 Å². The van der Waals surface area contributed by atoms with Crippen molar-refractivity contribution < 1.29 is 22.7 Å². The number of amides is 1. The maximum Gasteiger partial charge on any atom is 0.451 e. The first-order valence-electron chi connectivity index (χ1n) is 13.9. The van der Waals surface area contributed by atoms with Crippen LogP contribution in [0.3, 0.4) is 0 Å². The SMILES string of the molecule is CCSc1ccc(CNC(=O)c2cc3c(s2)C2(CCN(C(C)c4cnc(C(F)(F)F)nc4)CC2)OC2(CC2)C3)nc1. The molecule has 3 aromatic rings. The maximum absolute atomic E-state index is 13.2. The normalized spacial score (nSPS) is 20.1. The summed E-state index contributed by atoms with van der Waals surface area (Å²) in [7, 11) is 0. The molecule has 2 fully saturated rings. The molecule has 3 aliphatic rings. The number of fused-ring (bicyclic) bond motifs is 2. The van der Waals surface area contributed by atoms with Gasteiger partial charge in [0.15, 0.2) is 0 Å². The second-order valence-corrected chi connectivity index (χ2v) is 13.5. The first-order chi connectivity index (χ1) is 19.6.